The summed E-state index contributed by atoms with van der Waals surface area (Å²) in [5, 5.41) is -0.101. The molecule has 0 unspecified atom stereocenters. The maximum absolute atomic E-state index is 13.7. The number of carbonyl (C=O) groups is 1. The van der Waals surface area contributed by atoms with Crippen molar-refractivity contribution in [3.05, 3.63) is 63.9 Å². The molecule has 0 aliphatic carbocycles. The van der Waals surface area contributed by atoms with Crippen LogP contribution in [0.25, 0.3) is 0 Å². The van der Waals surface area contributed by atoms with E-state index in [1.807, 2.05) is 19.9 Å². The van der Waals surface area contributed by atoms with Crippen LogP contribution in [0.15, 0.2) is 36.4 Å². The molecule has 0 saturated carbocycles. The molecule has 2 aromatic carbocycles. The first-order valence-electron chi connectivity index (χ1n) is 5.73. The standard InChI is InChI=1S/C15H12ClFO2/c1-9-5-3-8-13(10(9)2)19-15(18)11-6-4-7-12(16)14(11)17/h3-8H,1-2H3. The zero-order chi connectivity index (χ0) is 14.0. The Morgan fingerprint density at radius 2 is 1.84 bits per heavy atom. The Kier molecular flexibility index (Phi) is 3.86. The van der Waals surface area contributed by atoms with Gasteiger partial charge in [-0.2, -0.15) is 0 Å². The van der Waals surface area contributed by atoms with E-state index in [4.69, 9.17) is 16.3 Å². The van der Waals surface area contributed by atoms with Crippen molar-refractivity contribution in [2.75, 3.05) is 0 Å². The van der Waals surface area contributed by atoms with Gasteiger partial charge < -0.3 is 4.74 Å². The summed E-state index contributed by atoms with van der Waals surface area (Å²) < 4.78 is 18.9. The molecule has 98 valence electrons. The van der Waals surface area contributed by atoms with E-state index in [0.717, 1.165) is 11.1 Å². The van der Waals surface area contributed by atoms with Crippen LogP contribution in [0.5, 0.6) is 5.75 Å². The third kappa shape index (κ3) is 2.76. The quantitative estimate of drug-likeness (QED) is 0.604. The number of hydrogen-bond donors (Lipinski definition) is 0. The van der Waals surface area contributed by atoms with Gasteiger partial charge in [0.05, 0.1) is 10.6 Å². The maximum atomic E-state index is 13.7. The molecule has 0 fully saturated rings. The molecule has 0 bridgehead atoms. The fourth-order valence-electron chi connectivity index (χ4n) is 1.65. The number of rotatable bonds is 2. The molecule has 0 radical (unpaired) electrons. The lowest BCUT2D eigenvalue weighted by Gasteiger charge is -2.09. The van der Waals surface area contributed by atoms with E-state index in [1.54, 1.807) is 12.1 Å². The Bertz CT molecular complexity index is 638. The molecule has 0 N–H and O–H groups in total. The summed E-state index contributed by atoms with van der Waals surface area (Å²) in [5.74, 6) is -1.10. The number of esters is 1. The summed E-state index contributed by atoms with van der Waals surface area (Å²) in [7, 11) is 0. The Balaban J connectivity index is 2.31. The summed E-state index contributed by atoms with van der Waals surface area (Å²) in [6.45, 7) is 3.75. The Labute approximate surface area is 115 Å². The van der Waals surface area contributed by atoms with Crippen LogP contribution >= 0.6 is 11.6 Å². The molecule has 0 aliphatic rings. The third-order valence-electron chi connectivity index (χ3n) is 2.93. The lowest BCUT2D eigenvalue weighted by molar-refractivity contribution is 0.0728. The Hall–Kier alpha value is -1.87. The minimum atomic E-state index is -0.764. The second-order valence-electron chi connectivity index (χ2n) is 4.19. The van der Waals surface area contributed by atoms with E-state index in [-0.39, 0.29) is 10.6 Å². The van der Waals surface area contributed by atoms with Gasteiger partial charge in [-0.25, -0.2) is 9.18 Å². The van der Waals surface area contributed by atoms with Crippen LogP contribution in [0, 0.1) is 19.7 Å². The van der Waals surface area contributed by atoms with Gasteiger partial charge in [0.1, 0.15) is 5.75 Å². The summed E-state index contributed by atoms with van der Waals surface area (Å²) in [6, 6.07) is 9.58. The normalized spacial score (nSPS) is 10.3. The number of hydrogen-bond acceptors (Lipinski definition) is 2. The molecule has 0 aromatic heterocycles. The highest BCUT2D eigenvalue weighted by Gasteiger charge is 2.17. The van der Waals surface area contributed by atoms with Gasteiger partial charge in [-0.3, -0.25) is 0 Å². The average Bonchev–Trinajstić information content (AvgIpc) is 2.38. The first kappa shape index (κ1) is 13.6. The zero-order valence-corrected chi connectivity index (χ0v) is 11.3. The molecule has 0 heterocycles. The monoisotopic (exact) mass is 278 g/mol. The van der Waals surface area contributed by atoms with Crippen molar-refractivity contribution in [3.8, 4) is 5.75 Å². The van der Waals surface area contributed by atoms with Gasteiger partial charge in [0.2, 0.25) is 0 Å². The number of halogens is 2. The molecule has 0 amide bonds. The van der Waals surface area contributed by atoms with E-state index in [0.29, 0.717) is 5.75 Å². The van der Waals surface area contributed by atoms with Crippen LogP contribution in [-0.2, 0) is 0 Å². The number of aryl methyl sites for hydroxylation is 1. The SMILES string of the molecule is Cc1cccc(OC(=O)c2cccc(Cl)c2F)c1C. The molecule has 0 spiro atoms. The van der Waals surface area contributed by atoms with Crippen LogP contribution in [-0.4, -0.2) is 5.97 Å². The van der Waals surface area contributed by atoms with E-state index < -0.39 is 11.8 Å². The topological polar surface area (TPSA) is 26.3 Å². The van der Waals surface area contributed by atoms with E-state index in [9.17, 15) is 9.18 Å². The molecule has 2 aromatic rings. The van der Waals surface area contributed by atoms with Crippen molar-refractivity contribution in [2.45, 2.75) is 13.8 Å². The number of benzene rings is 2. The van der Waals surface area contributed by atoms with Crippen molar-refractivity contribution in [1.82, 2.24) is 0 Å². The van der Waals surface area contributed by atoms with Crippen LogP contribution in [0.2, 0.25) is 5.02 Å². The molecular formula is C15H12ClFO2. The first-order valence-corrected chi connectivity index (χ1v) is 6.11. The maximum Gasteiger partial charge on any atom is 0.346 e. The van der Waals surface area contributed by atoms with Gasteiger partial charge in [-0.05, 0) is 43.2 Å². The molecule has 0 aliphatic heterocycles. The second kappa shape index (κ2) is 5.41. The highest BCUT2D eigenvalue weighted by atomic mass is 35.5. The smallest absolute Gasteiger partial charge is 0.346 e. The molecule has 19 heavy (non-hydrogen) atoms. The summed E-state index contributed by atoms with van der Waals surface area (Å²) in [5.41, 5.74) is 1.67. The van der Waals surface area contributed by atoms with Gasteiger partial charge in [0.15, 0.2) is 5.82 Å². The van der Waals surface area contributed by atoms with Gasteiger partial charge in [0.25, 0.3) is 0 Å². The summed E-state index contributed by atoms with van der Waals surface area (Å²) >= 11 is 5.63. The fraction of sp³-hybridized carbons (Fsp3) is 0.133. The zero-order valence-electron chi connectivity index (χ0n) is 10.5. The lowest BCUT2D eigenvalue weighted by atomic mass is 10.1. The molecule has 4 heteroatoms. The highest BCUT2D eigenvalue weighted by Crippen LogP contribution is 2.23. The van der Waals surface area contributed by atoms with Gasteiger partial charge >= 0.3 is 5.97 Å². The molecule has 0 saturated heterocycles. The Morgan fingerprint density at radius 3 is 2.58 bits per heavy atom. The largest absolute Gasteiger partial charge is 0.423 e. The van der Waals surface area contributed by atoms with Crippen LogP contribution in [0.1, 0.15) is 21.5 Å². The average molecular weight is 279 g/mol. The van der Waals surface area contributed by atoms with Gasteiger partial charge in [-0.1, -0.05) is 29.8 Å². The molecular weight excluding hydrogens is 267 g/mol. The van der Waals surface area contributed by atoms with E-state index in [2.05, 4.69) is 0 Å². The minimum Gasteiger partial charge on any atom is -0.423 e. The highest BCUT2D eigenvalue weighted by molar-refractivity contribution is 6.31. The number of carbonyl (C=O) groups excluding carboxylic acids is 1. The fourth-order valence-corrected chi connectivity index (χ4v) is 1.83. The molecule has 2 rings (SSSR count). The minimum absolute atomic E-state index is 0.101. The lowest BCUT2D eigenvalue weighted by Crippen LogP contribution is -2.11. The van der Waals surface area contributed by atoms with E-state index >= 15 is 0 Å². The number of ether oxygens (including phenoxy) is 1. The van der Waals surface area contributed by atoms with Crippen LogP contribution in [0.3, 0.4) is 0 Å². The third-order valence-corrected chi connectivity index (χ3v) is 3.22. The van der Waals surface area contributed by atoms with Crippen molar-refractivity contribution in [1.29, 1.82) is 0 Å². The Morgan fingerprint density at radius 1 is 1.16 bits per heavy atom. The predicted octanol–water partition coefficient (Wildman–Crippen LogP) is 4.32. The van der Waals surface area contributed by atoms with Crippen molar-refractivity contribution in [2.24, 2.45) is 0 Å². The van der Waals surface area contributed by atoms with Gasteiger partial charge in [0, 0.05) is 0 Å². The van der Waals surface area contributed by atoms with Crippen molar-refractivity contribution < 1.29 is 13.9 Å². The van der Waals surface area contributed by atoms with Crippen molar-refractivity contribution in [3.63, 3.8) is 0 Å². The van der Waals surface area contributed by atoms with Crippen LogP contribution < -0.4 is 4.74 Å². The van der Waals surface area contributed by atoms with E-state index in [1.165, 1.54) is 18.2 Å². The predicted molar refractivity (Wildman–Crippen MR) is 72.3 cm³/mol. The molecule has 2 nitrogen and oxygen atoms in total. The summed E-state index contributed by atoms with van der Waals surface area (Å²) in [6.07, 6.45) is 0. The second-order valence-corrected chi connectivity index (χ2v) is 4.60. The summed E-state index contributed by atoms with van der Waals surface area (Å²) in [4.78, 5) is 11.9. The first-order chi connectivity index (χ1) is 9.00. The van der Waals surface area contributed by atoms with Gasteiger partial charge in [-0.15, -0.1) is 0 Å². The van der Waals surface area contributed by atoms with Crippen molar-refractivity contribution >= 4 is 17.6 Å². The van der Waals surface area contributed by atoms with Crippen LogP contribution in [0.4, 0.5) is 4.39 Å². The molecule has 0 atom stereocenters.